The van der Waals surface area contributed by atoms with Crippen LogP contribution in [0, 0.1) is 13.8 Å². The molecule has 0 radical (unpaired) electrons. The number of methoxy groups -OCH3 is 1. The highest BCUT2D eigenvalue weighted by molar-refractivity contribution is 7.19. The fraction of sp³-hybridized carbons (Fsp3) is 0.375. The summed E-state index contributed by atoms with van der Waals surface area (Å²) >= 11 is 3.46. The van der Waals surface area contributed by atoms with E-state index in [1.807, 2.05) is 35.2 Å². The average molecular weight is 348 g/mol. The number of thiophene rings is 1. The zero-order chi connectivity index (χ0) is 16.2. The van der Waals surface area contributed by atoms with Crippen molar-refractivity contribution in [3.05, 3.63) is 39.8 Å². The normalized spacial score (nSPS) is 11.1. The summed E-state index contributed by atoms with van der Waals surface area (Å²) in [6.45, 7) is 6.39. The molecule has 3 aromatic heterocycles. The molecule has 0 amide bonds. The van der Waals surface area contributed by atoms with E-state index in [1.54, 1.807) is 18.4 Å². The highest BCUT2D eigenvalue weighted by Crippen LogP contribution is 2.32. The number of nitrogens with zero attached hydrogens (tertiary/aromatic N) is 3. The van der Waals surface area contributed by atoms with Gasteiger partial charge in [0.05, 0.1) is 30.3 Å². The van der Waals surface area contributed by atoms with Gasteiger partial charge in [-0.3, -0.25) is 4.68 Å². The maximum absolute atomic E-state index is 5.08. The summed E-state index contributed by atoms with van der Waals surface area (Å²) in [6.07, 6.45) is 1.98. The lowest BCUT2D eigenvalue weighted by Crippen LogP contribution is -2.04. The Morgan fingerprint density at radius 3 is 2.83 bits per heavy atom. The van der Waals surface area contributed by atoms with E-state index in [9.17, 15) is 0 Å². The van der Waals surface area contributed by atoms with E-state index in [0.717, 1.165) is 34.5 Å². The number of rotatable bonds is 7. The third-order valence-electron chi connectivity index (χ3n) is 3.40. The quantitative estimate of drug-likeness (QED) is 0.702. The molecule has 0 spiro atoms. The van der Waals surface area contributed by atoms with Crippen molar-refractivity contribution in [2.45, 2.75) is 26.9 Å². The maximum atomic E-state index is 5.08. The lowest BCUT2D eigenvalue weighted by molar-refractivity contribution is 0.183. The van der Waals surface area contributed by atoms with Gasteiger partial charge in [0.15, 0.2) is 5.13 Å². The Balaban J connectivity index is 1.69. The zero-order valence-corrected chi connectivity index (χ0v) is 15.1. The number of nitrogens with one attached hydrogen (secondary N) is 1. The predicted octanol–water partition coefficient (Wildman–Crippen LogP) is 3.94. The van der Waals surface area contributed by atoms with Crippen LogP contribution in [0.25, 0.3) is 10.6 Å². The monoisotopic (exact) mass is 348 g/mol. The van der Waals surface area contributed by atoms with Gasteiger partial charge in [-0.2, -0.15) is 5.10 Å². The van der Waals surface area contributed by atoms with Crippen LogP contribution >= 0.6 is 22.7 Å². The molecular weight excluding hydrogens is 328 g/mol. The van der Waals surface area contributed by atoms with Crippen LogP contribution in [0.15, 0.2) is 24.4 Å². The fourth-order valence-electron chi connectivity index (χ4n) is 2.24. The molecule has 7 heteroatoms. The van der Waals surface area contributed by atoms with Crippen LogP contribution in [0.5, 0.6) is 0 Å². The van der Waals surface area contributed by atoms with Crippen LogP contribution in [-0.4, -0.2) is 28.5 Å². The van der Waals surface area contributed by atoms with Crippen molar-refractivity contribution in [1.29, 1.82) is 0 Å². The van der Waals surface area contributed by atoms with Crippen molar-refractivity contribution in [2.75, 3.05) is 19.0 Å². The van der Waals surface area contributed by atoms with Crippen molar-refractivity contribution in [1.82, 2.24) is 14.8 Å². The molecular formula is C16H20N4OS2. The van der Waals surface area contributed by atoms with Gasteiger partial charge in [0.2, 0.25) is 0 Å². The molecule has 0 atom stereocenters. The first-order chi connectivity index (χ1) is 11.2. The molecule has 0 fully saturated rings. The summed E-state index contributed by atoms with van der Waals surface area (Å²) in [4.78, 5) is 8.39. The van der Waals surface area contributed by atoms with Gasteiger partial charge in [-0.1, -0.05) is 11.3 Å². The number of hydrogen-bond donors (Lipinski definition) is 1. The van der Waals surface area contributed by atoms with Crippen LogP contribution in [0.2, 0.25) is 0 Å². The Bertz CT molecular complexity index is 775. The van der Waals surface area contributed by atoms with E-state index < -0.39 is 0 Å². The first-order valence-corrected chi connectivity index (χ1v) is 9.08. The minimum atomic E-state index is 0.663. The van der Waals surface area contributed by atoms with Crippen molar-refractivity contribution < 1.29 is 4.74 Å². The number of aryl methyl sites for hydroxylation is 2. The molecule has 0 aliphatic heterocycles. The Hall–Kier alpha value is -1.70. The highest BCUT2D eigenvalue weighted by atomic mass is 32.1. The lowest BCUT2D eigenvalue weighted by atomic mass is 10.3. The minimum Gasteiger partial charge on any atom is -0.383 e. The summed E-state index contributed by atoms with van der Waals surface area (Å²) in [5, 5.41) is 8.94. The van der Waals surface area contributed by atoms with E-state index in [2.05, 4.69) is 34.5 Å². The first kappa shape index (κ1) is 16.2. The Kier molecular flexibility index (Phi) is 5.09. The molecule has 0 unspecified atom stereocenters. The number of thiazole rings is 1. The van der Waals surface area contributed by atoms with Gasteiger partial charge in [-0.15, -0.1) is 11.3 Å². The Morgan fingerprint density at radius 1 is 1.22 bits per heavy atom. The van der Waals surface area contributed by atoms with Crippen molar-refractivity contribution >= 4 is 27.8 Å². The summed E-state index contributed by atoms with van der Waals surface area (Å²) in [5.41, 5.74) is 1.98. The maximum Gasteiger partial charge on any atom is 0.183 e. The number of anilines is 1. The van der Waals surface area contributed by atoms with Crippen LogP contribution in [0.1, 0.15) is 15.4 Å². The van der Waals surface area contributed by atoms with E-state index in [1.165, 1.54) is 9.75 Å². The highest BCUT2D eigenvalue weighted by Gasteiger charge is 2.12. The lowest BCUT2D eigenvalue weighted by Gasteiger charge is -1.99. The molecule has 3 rings (SSSR count). The van der Waals surface area contributed by atoms with Crippen molar-refractivity contribution in [3.8, 4) is 10.6 Å². The summed E-state index contributed by atoms with van der Waals surface area (Å²) in [6, 6.07) is 6.33. The van der Waals surface area contributed by atoms with Gasteiger partial charge in [0.1, 0.15) is 5.69 Å². The SMILES string of the molecule is COCCn1ccc(-c2sc(NCc3ccc(C)s3)nc2C)n1. The molecule has 3 heterocycles. The van der Waals surface area contributed by atoms with Crippen LogP contribution in [-0.2, 0) is 17.8 Å². The van der Waals surface area contributed by atoms with E-state index >= 15 is 0 Å². The summed E-state index contributed by atoms with van der Waals surface area (Å²) in [5.74, 6) is 0. The van der Waals surface area contributed by atoms with Crippen LogP contribution < -0.4 is 5.32 Å². The second kappa shape index (κ2) is 7.25. The first-order valence-electron chi connectivity index (χ1n) is 7.45. The summed E-state index contributed by atoms with van der Waals surface area (Å²) < 4.78 is 6.99. The third kappa shape index (κ3) is 3.99. The largest absolute Gasteiger partial charge is 0.383 e. The van der Waals surface area contributed by atoms with Gasteiger partial charge in [0.25, 0.3) is 0 Å². The number of aromatic nitrogens is 3. The van der Waals surface area contributed by atoms with Crippen molar-refractivity contribution in [2.24, 2.45) is 0 Å². The molecule has 0 bridgehead atoms. The molecule has 0 saturated carbocycles. The van der Waals surface area contributed by atoms with Crippen LogP contribution in [0.3, 0.4) is 0 Å². The third-order valence-corrected chi connectivity index (χ3v) is 5.54. The van der Waals surface area contributed by atoms with E-state index in [-0.39, 0.29) is 0 Å². The topological polar surface area (TPSA) is 52.0 Å². The number of hydrogen-bond acceptors (Lipinski definition) is 6. The van der Waals surface area contributed by atoms with Gasteiger partial charge >= 0.3 is 0 Å². The van der Waals surface area contributed by atoms with Gasteiger partial charge < -0.3 is 10.1 Å². The Labute approximate surface area is 144 Å². The number of ether oxygens (including phenoxy) is 1. The van der Waals surface area contributed by atoms with E-state index in [4.69, 9.17) is 4.74 Å². The molecule has 0 saturated heterocycles. The van der Waals surface area contributed by atoms with Gasteiger partial charge in [0, 0.05) is 23.1 Å². The van der Waals surface area contributed by atoms with Crippen LogP contribution in [0.4, 0.5) is 5.13 Å². The second-order valence-electron chi connectivity index (χ2n) is 5.26. The Morgan fingerprint density at radius 2 is 2.09 bits per heavy atom. The molecule has 1 N–H and O–H groups in total. The smallest absolute Gasteiger partial charge is 0.183 e. The fourth-order valence-corrected chi connectivity index (χ4v) is 4.00. The molecule has 0 aliphatic rings. The van der Waals surface area contributed by atoms with Gasteiger partial charge in [-0.05, 0) is 32.0 Å². The van der Waals surface area contributed by atoms with E-state index in [0.29, 0.717) is 6.61 Å². The standard InChI is InChI=1S/C16H20N4OS2/c1-11-4-5-13(22-11)10-17-16-18-12(2)15(23-16)14-6-7-20(19-14)8-9-21-3/h4-7H,8-10H2,1-3H3,(H,17,18). The van der Waals surface area contributed by atoms with Gasteiger partial charge in [-0.25, -0.2) is 4.98 Å². The summed E-state index contributed by atoms with van der Waals surface area (Å²) in [7, 11) is 1.70. The van der Waals surface area contributed by atoms with Crippen molar-refractivity contribution in [3.63, 3.8) is 0 Å². The molecule has 0 aliphatic carbocycles. The minimum absolute atomic E-state index is 0.663. The molecule has 0 aromatic carbocycles. The average Bonchev–Trinajstić information content (AvgIpc) is 3.23. The molecule has 5 nitrogen and oxygen atoms in total. The predicted molar refractivity (Wildman–Crippen MR) is 96.3 cm³/mol. The molecule has 122 valence electrons. The molecule has 23 heavy (non-hydrogen) atoms. The molecule has 3 aromatic rings. The second-order valence-corrected chi connectivity index (χ2v) is 7.63. The zero-order valence-electron chi connectivity index (χ0n) is 13.5.